The zero-order valence-corrected chi connectivity index (χ0v) is 19.9. The van der Waals surface area contributed by atoms with Gasteiger partial charge in [0.2, 0.25) is 5.91 Å². The molecular formula is C23H21ClN6O3S. The Labute approximate surface area is 203 Å². The predicted molar refractivity (Wildman–Crippen MR) is 132 cm³/mol. The topological polar surface area (TPSA) is 111 Å². The summed E-state index contributed by atoms with van der Waals surface area (Å²) in [6.07, 6.45) is 6.46. The standard InChI is InChI=1S/C23H21ClN6O3S/c1-29-20-16(10-26-29)23(33)30(12-25-20)11-18(31)28-22-19(15-4-2-3-5-17(15)34-22)21(32)27-14-8-6-13(24)7-9-14/h6-10,12H,2-5,11H2,1H3,(H,27,32)(H,28,31). The van der Waals surface area contributed by atoms with E-state index in [4.69, 9.17) is 11.6 Å². The highest BCUT2D eigenvalue weighted by Gasteiger charge is 2.26. The maximum absolute atomic E-state index is 13.2. The number of aromatic nitrogens is 4. The smallest absolute Gasteiger partial charge is 0.264 e. The molecule has 5 rings (SSSR count). The molecule has 0 spiro atoms. The van der Waals surface area contributed by atoms with Gasteiger partial charge in [-0.05, 0) is 55.5 Å². The van der Waals surface area contributed by atoms with Crippen LogP contribution >= 0.6 is 22.9 Å². The number of aryl methyl sites for hydroxylation is 2. The van der Waals surface area contributed by atoms with Crippen LogP contribution in [0.1, 0.15) is 33.6 Å². The van der Waals surface area contributed by atoms with Crippen LogP contribution in [-0.2, 0) is 31.2 Å². The fraction of sp³-hybridized carbons (Fsp3) is 0.261. The molecule has 2 amide bonds. The Kier molecular flexibility index (Phi) is 5.93. The molecule has 9 nitrogen and oxygen atoms in total. The van der Waals surface area contributed by atoms with E-state index in [2.05, 4.69) is 20.7 Å². The molecule has 34 heavy (non-hydrogen) atoms. The van der Waals surface area contributed by atoms with E-state index in [1.165, 1.54) is 33.1 Å². The summed E-state index contributed by atoms with van der Waals surface area (Å²) in [5.41, 5.74) is 2.18. The normalized spacial score (nSPS) is 13.0. The summed E-state index contributed by atoms with van der Waals surface area (Å²) in [5, 5.41) is 11.2. The van der Waals surface area contributed by atoms with Gasteiger partial charge in [0.15, 0.2) is 5.65 Å². The largest absolute Gasteiger partial charge is 0.322 e. The van der Waals surface area contributed by atoms with Crippen LogP contribution in [0, 0.1) is 0 Å². The molecule has 0 saturated heterocycles. The van der Waals surface area contributed by atoms with Crippen molar-refractivity contribution in [2.24, 2.45) is 7.05 Å². The summed E-state index contributed by atoms with van der Waals surface area (Å²) in [4.78, 5) is 44.2. The van der Waals surface area contributed by atoms with E-state index < -0.39 is 5.91 Å². The van der Waals surface area contributed by atoms with Crippen molar-refractivity contribution in [3.05, 3.63) is 68.2 Å². The minimum absolute atomic E-state index is 0.225. The molecule has 0 atom stereocenters. The molecule has 1 aromatic carbocycles. The average molecular weight is 497 g/mol. The van der Waals surface area contributed by atoms with Crippen LogP contribution in [-0.4, -0.2) is 31.1 Å². The number of carbonyl (C=O) groups excluding carboxylic acids is 2. The molecule has 1 aliphatic carbocycles. The number of carbonyl (C=O) groups is 2. The van der Waals surface area contributed by atoms with Gasteiger partial charge in [-0.2, -0.15) is 5.10 Å². The van der Waals surface area contributed by atoms with Gasteiger partial charge in [-0.15, -0.1) is 11.3 Å². The number of thiophene rings is 1. The van der Waals surface area contributed by atoms with E-state index in [0.717, 1.165) is 36.1 Å². The second-order valence-corrected chi connectivity index (χ2v) is 9.65. The quantitative estimate of drug-likeness (QED) is 0.438. The van der Waals surface area contributed by atoms with Gasteiger partial charge < -0.3 is 10.6 Å². The maximum Gasteiger partial charge on any atom is 0.264 e. The van der Waals surface area contributed by atoms with E-state index in [9.17, 15) is 14.4 Å². The van der Waals surface area contributed by atoms with Crippen LogP contribution in [0.3, 0.4) is 0 Å². The maximum atomic E-state index is 13.2. The lowest BCUT2D eigenvalue weighted by Crippen LogP contribution is -2.28. The van der Waals surface area contributed by atoms with Crippen LogP contribution in [0.5, 0.6) is 0 Å². The molecule has 0 bridgehead atoms. The van der Waals surface area contributed by atoms with E-state index in [1.54, 1.807) is 31.3 Å². The molecule has 11 heteroatoms. The molecule has 0 radical (unpaired) electrons. The highest BCUT2D eigenvalue weighted by atomic mass is 35.5. The van der Waals surface area contributed by atoms with Crippen LogP contribution < -0.4 is 16.2 Å². The fourth-order valence-corrected chi connectivity index (χ4v) is 5.55. The van der Waals surface area contributed by atoms with E-state index in [0.29, 0.717) is 32.3 Å². The Hall–Kier alpha value is -3.50. The SMILES string of the molecule is Cn1ncc2c(=O)n(CC(=O)Nc3sc4c(c3C(=O)Nc3ccc(Cl)cc3)CCCC4)cnc21. The number of amides is 2. The lowest BCUT2D eigenvalue weighted by molar-refractivity contribution is -0.116. The van der Waals surface area contributed by atoms with Gasteiger partial charge in [0.25, 0.3) is 11.5 Å². The van der Waals surface area contributed by atoms with Gasteiger partial charge in [-0.25, -0.2) is 4.98 Å². The Morgan fingerprint density at radius 2 is 1.91 bits per heavy atom. The average Bonchev–Trinajstić information content (AvgIpc) is 3.37. The highest BCUT2D eigenvalue weighted by molar-refractivity contribution is 7.17. The van der Waals surface area contributed by atoms with Gasteiger partial charge in [-0.1, -0.05) is 11.6 Å². The summed E-state index contributed by atoms with van der Waals surface area (Å²) in [6.45, 7) is -0.225. The molecule has 174 valence electrons. The number of halogens is 1. The first-order chi connectivity index (χ1) is 16.4. The van der Waals surface area contributed by atoms with Crippen molar-refractivity contribution in [1.29, 1.82) is 0 Å². The zero-order valence-electron chi connectivity index (χ0n) is 18.3. The third-order valence-corrected chi connectivity index (χ3v) is 7.24. The Balaban J connectivity index is 1.41. The second-order valence-electron chi connectivity index (χ2n) is 8.11. The molecule has 0 aliphatic heterocycles. The lowest BCUT2D eigenvalue weighted by atomic mass is 9.95. The molecule has 0 fully saturated rings. The first-order valence-electron chi connectivity index (χ1n) is 10.8. The molecule has 2 N–H and O–H groups in total. The number of nitrogens with zero attached hydrogens (tertiary/aromatic N) is 4. The Morgan fingerprint density at radius 3 is 2.71 bits per heavy atom. The summed E-state index contributed by atoms with van der Waals surface area (Å²) in [5.74, 6) is -0.695. The predicted octanol–water partition coefficient (Wildman–Crippen LogP) is 3.61. The van der Waals surface area contributed by atoms with Crippen LogP contribution in [0.2, 0.25) is 5.02 Å². The highest BCUT2D eigenvalue weighted by Crippen LogP contribution is 2.38. The van der Waals surface area contributed by atoms with Crippen molar-refractivity contribution in [1.82, 2.24) is 19.3 Å². The van der Waals surface area contributed by atoms with E-state index >= 15 is 0 Å². The molecule has 0 saturated carbocycles. The Bertz CT molecular complexity index is 1470. The van der Waals surface area contributed by atoms with Gasteiger partial charge in [0.05, 0.1) is 11.8 Å². The third-order valence-electron chi connectivity index (χ3n) is 5.79. The molecule has 1 aliphatic rings. The van der Waals surface area contributed by atoms with E-state index in [1.807, 2.05) is 0 Å². The minimum atomic E-state index is -0.411. The van der Waals surface area contributed by atoms with E-state index in [-0.39, 0.29) is 18.0 Å². The van der Waals surface area contributed by atoms with Gasteiger partial charge in [0, 0.05) is 22.6 Å². The summed E-state index contributed by atoms with van der Waals surface area (Å²) >= 11 is 7.37. The van der Waals surface area contributed by atoms with Crippen molar-refractivity contribution in [2.45, 2.75) is 32.2 Å². The number of anilines is 2. The zero-order chi connectivity index (χ0) is 23.8. The van der Waals surface area contributed by atoms with Crippen molar-refractivity contribution < 1.29 is 9.59 Å². The monoisotopic (exact) mass is 496 g/mol. The van der Waals surface area contributed by atoms with Crippen molar-refractivity contribution in [3.8, 4) is 0 Å². The molecule has 0 unspecified atom stereocenters. The second kappa shape index (κ2) is 9.03. The Morgan fingerprint density at radius 1 is 1.15 bits per heavy atom. The number of hydrogen-bond donors (Lipinski definition) is 2. The summed E-state index contributed by atoms with van der Waals surface area (Å²) in [7, 11) is 1.70. The summed E-state index contributed by atoms with van der Waals surface area (Å²) < 4.78 is 2.74. The molecule has 3 aromatic heterocycles. The number of rotatable bonds is 5. The molecule has 4 aromatic rings. The number of fused-ring (bicyclic) bond motifs is 2. The third kappa shape index (κ3) is 4.22. The van der Waals surface area contributed by atoms with Crippen LogP contribution in [0.25, 0.3) is 11.0 Å². The first kappa shape index (κ1) is 22.3. The summed E-state index contributed by atoms with van der Waals surface area (Å²) in [6, 6.07) is 6.86. The first-order valence-corrected chi connectivity index (χ1v) is 12.0. The van der Waals surface area contributed by atoms with Crippen molar-refractivity contribution in [3.63, 3.8) is 0 Å². The van der Waals surface area contributed by atoms with Gasteiger partial charge in [-0.3, -0.25) is 23.6 Å². The van der Waals surface area contributed by atoms with Gasteiger partial charge >= 0.3 is 0 Å². The fourth-order valence-electron chi connectivity index (χ4n) is 4.12. The number of nitrogens with one attached hydrogen (secondary N) is 2. The van der Waals surface area contributed by atoms with Gasteiger partial charge in [0.1, 0.15) is 23.3 Å². The number of hydrogen-bond acceptors (Lipinski definition) is 6. The minimum Gasteiger partial charge on any atom is -0.322 e. The number of benzene rings is 1. The lowest BCUT2D eigenvalue weighted by Gasteiger charge is -2.13. The van der Waals surface area contributed by atoms with Crippen LogP contribution in [0.4, 0.5) is 10.7 Å². The molecular weight excluding hydrogens is 476 g/mol. The molecule has 3 heterocycles. The van der Waals surface area contributed by atoms with Crippen molar-refractivity contribution in [2.75, 3.05) is 10.6 Å². The van der Waals surface area contributed by atoms with Crippen molar-refractivity contribution >= 4 is 56.5 Å². The van der Waals surface area contributed by atoms with Crippen LogP contribution in [0.15, 0.2) is 41.6 Å².